The van der Waals surface area contributed by atoms with E-state index in [2.05, 4.69) is 20.4 Å². The van der Waals surface area contributed by atoms with Crippen molar-refractivity contribution in [3.8, 4) is 0 Å². The number of aryl methyl sites for hydroxylation is 2. The van der Waals surface area contributed by atoms with Crippen LogP contribution in [0.1, 0.15) is 41.1 Å². The molecule has 4 rings (SSSR count). The first-order valence-corrected chi connectivity index (χ1v) is 9.60. The summed E-state index contributed by atoms with van der Waals surface area (Å²) in [5.74, 6) is -0.195. The predicted octanol–water partition coefficient (Wildman–Crippen LogP) is 4.55. The van der Waals surface area contributed by atoms with Crippen LogP contribution in [-0.2, 0) is 0 Å². The maximum Gasteiger partial charge on any atom is 0.275 e. The molecule has 3 aromatic heterocycles. The Hall–Kier alpha value is -2.32. The third-order valence-electron chi connectivity index (χ3n) is 3.82. The standard InChI is InChI=1S/C17H17N5OS2/c1-8(2)22-12(7-9(3)21-22)16(23)20-17-19-11-5-6-13-14(15(11)25-17)18-10(4)24-13/h5-8H,1-4H3,(H,19,20,23). The molecule has 4 aromatic rings. The summed E-state index contributed by atoms with van der Waals surface area (Å²) in [4.78, 5) is 21.8. The Kier molecular flexibility index (Phi) is 3.81. The first kappa shape index (κ1) is 16.2. The fourth-order valence-electron chi connectivity index (χ4n) is 2.78. The maximum atomic E-state index is 12.7. The lowest BCUT2D eigenvalue weighted by molar-refractivity contribution is 0.101. The van der Waals surface area contributed by atoms with E-state index in [0.717, 1.165) is 31.1 Å². The van der Waals surface area contributed by atoms with Gasteiger partial charge in [-0.05, 0) is 45.9 Å². The van der Waals surface area contributed by atoms with Crippen LogP contribution < -0.4 is 5.32 Å². The van der Waals surface area contributed by atoms with Crippen LogP contribution in [0.2, 0.25) is 0 Å². The Bertz CT molecular complexity index is 1110. The van der Waals surface area contributed by atoms with Gasteiger partial charge < -0.3 is 0 Å². The van der Waals surface area contributed by atoms with E-state index in [9.17, 15) is 4.79 Å². The number of rotatable bonds is 3. The highest BCUT2D eigenvalue weighted by molar-refractivity contribution is 7.24. The van der Waals surface area contributed by atoms with Gasteiger partial charge in [-0.15, -0.1) is 11.3 Å². The van der Waals surface area contributed by atoms with Crippen LogP contribution in [0.4, 0.5) is 5.13 Å². The Balaban J connectivity index is 1.71. The Morgan fingerprint density at radius 3 is 2.76 bits per heavy atom. The van der Waals surface area contributed by atoms with Gasteiger partial charge >= 0.3 is 0 Å². The number of thiazole rings is 2. The van der Waals surface area contributed by atoms with Crippen molar-refractivity contribution >= 4 is 54.1 Å². The second kappa shape index (κ2) is 5.89. The number of carbonyl (C=O) groups excluding carboxylic acids is 1. The number of benzene rings is 1. The Labute approximate surface area is 152 Å². The first-order valence-electron chi connectivity index (χ1n) is 7.96. The summed E-state index contributed by atoms with van der Waals surface area (Å²) in [6.07, 6.45) is 0. The average Bonchev–Trinajstić information content (AvgIpc) is 3.21. The molecule has 0 bridgehead atoms. The second-order valence-electron chi connectivity index (χ2n) is 6.18. The quantitative estimate of drug-likeness (QED) is 0.573. The van der Waals surface area contributed by atoms with Crippen molar-refractivity contribution in [3.63, 3.8) is 0 Å². The number of fused-ring (bicyclic) bond motifs is 3. The Morgan fingerprint density at radius 1 is 1.20 bits per heavy atom. The lowest BCUT2D eigenvalue weighted by atomic mass is 10.3. The molecule has 25 heavy (non-hydrogen) atoms. The number of hydrogen-bond acceptors (Lipinski definition) is 6. The van der Waals surface area contributed by atoms with Crippen molar-refractivity contribution in [2.24, 2.45) is 0 Å². The summed E-state index contributed by atoms with van der Waals surface area (Å²) in [5, 5.41) is 8.90. The van der Waals surface area contributed by atoms with Crippen molar-refractivity contribution < 1.29 is 4.79 Å². The summed E-state index contributed by atoms with van der Waals surface area (Å²) in [7, 11) is 0. The number of nitrogens with zero attached hydrogens (tertiary/aromatic N) is 4. The van der Waals surface area contributed by atoms with Crippen molar-refractivity contribution in [1.82, 2.24) is 19.7 Å². The van der Waals surface area contributed by atoms with Crippen molar-refractivity contribution in [2.75, 3.05) is 5.32 Å². The number of anilines is 1. The van der Waals surface area contributed by atoms with Crippen LogP contribution in [0.3, 0.4) is 0 Å². The highest BCUT2D eigenvalue weighted by atomic mass is 32.1. The van der Waals surface area contributed by atoms with Gasteiger partial charge in [-0.3, -0.25) is 14.8 Å². The normalized spacial score (nSPS) is 11.7. The van der Waals surface area contributed by atoms with Crippen molar-refractivity contribution in [1.29, 1.82) is 0 Å². The van der Waals surface area contributed by atoms with Gasteiger partial charge in [0.05, 0.1) is 25.6 Å². The molecule has 0 aliphatic carbocycles. The van der Waals surface area contributed by atoms with Gasteiger partial charge in [0, 0.05) is 6.04 Å². The summed E-state index contributed by atoms with van der Waals surface area (Å²) >= 11 is 3.12. The second-order valence-corrected chi connectivity index (χ2v) is 8.41. The van der Waals surface area contributed by atoms with E-state index in [1.807, 2.05) is 39.8 Å². The lowest BCUT2D eigenvalue weighted by Gasteiger charge is -2.09. The minimum absolute atomic E-state index is 0.113. The molecule has 0 saturated carbocycles. The molecule has 1 aromatic carbocycles. The fourth-order valence-corrected chi connectivity index (χ4v) is 4.63. The maximum absolute atomic E-state index is 12.7. The molecule has 6 nitrogen and oxygen atoms in total. The third-order valence-corrected chi connectivity index (χ3v) is 5.75. The molecule has 8 heteroatoms. The van der Waals surface area contributed by atoms with Gasteiger partial charge in [0.15, 0.2) is 5.13 Å². The lowest BCUT2D eigenvalue weighted by Crippen LogP contribution is -2.18. The average molecular weight is 371 g/mol. The topological polar surface area (TPSA) is 72.7 Å². The molecule has 0 atom stereocenters. The number of hydrogen-bond donors (Lipinski definition) is 1. The van der Waals surface area contributed by atoms with Gasteiger partial charge in [-0.1, -0.05) is 11.3 Å². The fraction of sp³-hybridized carbons (Fsp3) is 0.294. The van der Waals surface area contributed by atoms with Crippen LogP contribution >= 0.6 is 22.7 Å². The molecule has 0 spiro atoms. The monoisotopic (exact) mass is 371 g/mol. The number of carbonyl (C=O) groups is 1. The third kappa shape index (κ3) is 2.81. The van der Waals surface area contributed by atoms with E-state index in [1.165, 1.54) is 11.3 Å². The molecule has 1 amide bonds. The van der Waals surface area contributed by atoms with Gasteiger partial charge in [-0.25, -0.2) is 9.97 Å². The van der Waals surface area contributed by atoms with Crippen LogP contribution in [-0.4, -0.2) is 25.7 Å². The van der Waals surface area contributed by atoms with Crippen molar-refractivity contribution in [3.05, 3.63) is 34.6 Å². The molecule has 0 aliphatic rings. The number of nitrogens with one attached hydrogen (secondary N) is 1. The van der Waals surface area contributed by atoms with E-state index in [1.54, 1.807) is 22.1 Å². The van der Waals surface area contributed by atoms with Crippen LogP contribution in [0.15, 0.2) is 18.2 Å². The molecule has 0 fully saturated rings. The van der Waals surface area contributed by atoms with Crippen LogP contribution in [0.25, 0.3) is 20.4 Å². The van der Waals surface area contributed by atoms with Gasteiger partial charge in [0.1, 0.15) is 11.2 Å². The summed E-state index contributed by atoms with van der Waals surface area (Å²) in [6, 6.07) is 5.92. The molecule has 128 valence electrons. The van der Waals surface area contributed by atoms with E-state index in [4.69, 9.17) is 0 Å². The number of aromatic nitrogens is 4. The van der Waals surface area contributed by atoms with Gasteiger partial charge in [0.25, 0.3) is 5.91 Å². The molecule has 0 unspecified atom stereocenters. The summed E-state index contributed by atoms with van der Waals surface area (Å²) < 4.78 is 3.88. The van der Waals surface area contributed by atoms with Crippen molar-refractivity contribution in [2.45, 2.75) is 33.7 Å². The zero-order valence-corrected chi connectivity index (χ0v) is 16.0. The smallest absolute Gasteiger partial charge is 0.275 e. The highest BCUT2D eigenvalue weighted by Crippen LogP contribution is 2.34. The van der Waals surface area contributed by atoms with E-state index in [-0.39, 0.29) is 11.9 Å². The van der Waals surface area contributed by atoms with Crippen LogP contribution in [0.5, 0.6) is 0 Å². The molecule has 1 N–H and O–H groups in total. The molecular weight excluding hydrogens is 354 g/mol. The molecule has 3 heterocycles. The minimum atomic E-state index is -0.195. The van der Waals surface area contributed by atoms with Gasteiger partial charge in [-0.2, -0.15) is 5.10 Å². The zero-order chi connectivity index (χ0) is 17.7. The molecular formula is C17H17N5OS2. The minimum Gasteiger partial charge on any atom is -0.296 e. The van der Waals surface area contributed by atoms with E-state index < -0.39 is 0 Å². The molecule has 0 aliphatic heterocycles. The zero-order valence-electron chi connectivity index (χ0n) is 14.3. The SMILES string of the molecule is Cc1cc(C(=O)Nc2nc3ccc4sc(C)nc4c3s2)n(C(C)C)n1. The summed E-state index contributed by atoms with van der Waals surface area (Å²) in [6.45, 7) is 7.88. The van der Waals surface area contributed by atoms with Crippen LogP contribution in [0, 0.1) is 13.8 Å². The van der Waals surface area contributed by atoms with E-state index >= 15 is 0 Å². The molecule has 0 saturated heterocycles. The first-order chi connectivity index (χ1) is 11.9. The molecule has 0 radical (unpaired) electrons. The Morgan fingerprint density at radius 2 is 2.00 bits per heavy atom. The largest absolute Gasteiger partial charge is 0.296 e. The summed E-state index contributed by atoms with van der Waals surface area (Å²) in [5.41, 5.74) is 3.18. The predicted molar refractivity (Wildman–Crippen MR) is 103 cm³/mol. The highest BCUT2D eigenvalue weighted by Gasteiger charge is 2.18. The van der Waals surface area contributed by atoms with E-state index in [0.29, 0.717) is 10.8 Å². The van der Waals surface area contributed by atoms with Gasteiger partial charge in [0.2, 0.25) is 0 Å². The number of amides is 1.